The lowest BCUT2D eigenvalue weighted by Gasteiger charge is -2.11. The Labute approximate surface area is 110 Å². The number of hydrogen-bond donors (Lipinski definition) is 1. The lowest BCUT2D eigenvalue weighted by Crippen LogP contribution is -2.02. The summed E-state index contributed by atoms with van der Waals surface area (Å²) in [6.45, 7) is 4.10. The smallest absolute Gasteiger partial charge is 0.167 e. The molecule has 0 aliphatic carbocycles. The van der Waals surface area contributed by atoms with E-state index in [4.69, 9.17) is 10.5 Å². The van der Waals surface area contributed by atoms with Gasteiger partial charge in [-0.15, -0.1) is 0 Å². The molecule has 19 heavy (non-hydrogen) atoms. The molecule has 100 valence electrons. The molecule has 2 rings (SSSR count). The maximum absolute atomic E-state index is 13.5. The van der Waals surface area contributed by atoms with Crippen LogP contribution in [0, 0.1) is 25.5 Å². The summed E-state index contributed by atoms with van der Waals surface area (Å²) < 4.78 is 32.1. The summed E-state index contributed by atoms with van der Waals surface area (Å²) in [5.74, 6) is -1.48. The number of halogens is 2. The van der Waals surface area contributed by atoms with Crippen LogP contribution in [-0.4, -0.2) is 0 Å². The predicted octanol–water partition coefficient (Wildman–Crippen LogP) is 3.74. The van der Waals surface area contributed by atoms with Crippen molar-refractivity contribution in [2.75, 3.05) is 5.73 Å². The average Bonchev–Trinajstić information content (AvgIpc) is 2.36. The highest BCUT2D eigenvalue weighted by Gasteiger charge is 2.09. The van der Waals surface area contributed by atoms with Gasteiger partial charge in [0.05, 0.1) is 5.69 Å². The van der Waals surface area contributed by atoms with Crippen LogP contribution in [0.4, 0.5) is 14.5 Å². The number of benzene rings is 2. The largest absolute Gasteiger partial charge is 0.486 e. The van der Waals surface area contributed by atoms with E-state index in [1.807, 2.05) is 32.0 Å². The van der Waals surface area contributed by atoms with Gasteiger partial charge >= 0.3 is 0 Å². The molecule has 0 saturated heterocycles. The van der Waals surface area contributed by atoms with Crippen LogP contribution in [0.1, 0.15) is 16.7 Å². The lowest BCUT2D eigenvalue weighted by molar-refractivity contribution is 0.288. The van der Waals surface area contributed by atoms with Crippen molar-refractivity contribution < 1.29 is 13.5 Å². The van der Waals surface area contributed by atoms with Crippen LogP contribution in [0.15, 0.2) is 30.3 Å². The highest BCUT2D eigenvalue weighted by Crippen LogP contribution is 2.24. The van der Waals surface area contributed by atoms with E-state index < -0.39 is 11.6 Å². The first kappa shape index (κ1) is 13.3. The van der Waals surface area contributed by atoms with Gasteiger partial charge in [-0.1, -0.05) is 23.8 Å². The van der Waals surface area contributed by atoms with Gasteiger partial charge in [0.1, 0.15) is 12.4 Å². The first-order valence-electron chi connectivity index (χ1n) is 5.91. The van der Waals surface area contributed by atoms with E-state index in [1.165, 1.54) is 0 Å². The lowest BCUT2D eigenvalue weighted by atomic mass is 10.1. The Kier molecular flexibility index (Phi) is 3.69. The van der Waals surface area contributed by atoms with Gasteiger partial charge in [0, 0.05) is 12.1 Å². The van der Waals surface area contributed by atoms with E-state index in [2.05, 4.69) is 0 Å². The Hall–Kier alpha value is -2.10. The summed E-state index contributed by atoms with van der Waals surface area (Å²) in [5, 5.41) is 0. The minimum atomic E-state index is -0.683. The van der Waals surface area contributed by atoms with E-state index in [-0.39, 0.29) is 18.0 Å². The fourth-order valence-electron chi connectivity index (χ4n) is 1.77. The van der Waals surface area contributed by atoms with Crippen LogP contribution in [-0.2, 0) is 6.61 Å². The van der Waals surface area contributed by atoms with Gasteiger partial charge in [-0.25, -0.2) is 8.78 Å². The number of nitrogen functional groups attached to an aromatic ring is 1. The molecule has 0 unspecified atom stereocenters. The SMILES string of the molecule is Cc1ccc(C)c(COc2cc(F)c(N)cc2F)c1. The van der Waals surface area contributed by atoms with Gasteiger partial charge in [0.2, 0.25) is 0 Å². The summed E-state index contributed by atoms with van der Waals surface area (Å²) >= 11 is 0. The first-order chi connectivity index (χ1) is 8.97. The van der Waals surface area contributed by atoms with E-state index in [0.717, 1.165) is 28.8 Å². The summed E-state index contributed by atoms with van der Waals surface area (Å²) in [5.41, 5.74) is 8.12. The highest BCUT2D eigenvalue weighted by molar-refractivity contribution is 5.44. The number of nitrogens with two attached hydrogens (primary N) is 1. The monoisotopic (exact) mass is 263 g/mol. The van der Waals surface area contributed by atoms with Crippen molar-refractivity contribution in [1.29, 1.82) is 0 Å². The van der Waals surface area contributed by atoms with Crippen LogP contribution < -0.4 is 10.5 Å². The molecule has 0 atom stereocenters. The summed E-state index contributed by atoms with van der Waals surface area (Å²) in [6, 6.07) is 7.81. The molecule has 0 amide bonds. The summed E-state index contributed by atoms with van der Waals surface area (Å²) in [6.07, 6.45) is 0. The van der Waals surface area contributed by atoms with Gasteiger partial charge in [-0.3, -0.25) is 0 Å². The number of rotatable bonds is 3. The molecule has 0 heterocycles. The van der Waals surface area contributed by atoms with Crippen molar-refractivity contribution in [2.45, 2.75) is 20.5 Å². The number of hydrogen-bond acceptors (Lipinski definition) is 2. The molecule has 0 aromatic heterocycles. The molecule has 0 fully saturated rings. The molecule has 0 aliphatic heterocycles. The molecule has 4 heteroatoms. The van der Waals surface area contributed by atoms with E-state index in [1.54, 1.807) is 0 Å². The molecule has 2 nitrogen and oxygen atoms in total. The topological polar surface area (TPSA) is 35.2 Å². The van der Waals surface area contributed by atoms with Crippen molar-refractivity contribution >= 4 is 5.69 Å². The third kappa shape index (κ3) is 3.02. The van der Waals surface area contributed by atoms with Crippen LogP contribution in [0.2, 0.25) is 0 Å². The molecule has 0 saturated carbocycles. The quantitative estimate of drug-likeness (QED) is 0.856. The second kappa shape index (κ2) is 5.26. The molecule has 0 aliphatic rings. The Balaban J connectivity index is 2.19. The Morgan fingerprint density at radius 1 is 1.05 bits per heavy atom. The van der Waals surface area contributed by atoms with Crippen LogP contribution in [0.3, 0.4) is 0 Å². The van der Waals surface area contributed by atoms with Crippen LogP contribution in [0.5, 0.6) is 5.75 Å². The van der Waals surface area contributed by atoms with Crippen LogP contribution in [0.25, 0.3) is 0 Å². The van der Waals surface area contributed by atoms with Gasteiger partial charge in [0.15, 0.2) is 11.6 Å². The molecule has 0 bridgehead atoms. The normalized spacial score (nSPS) is 10.5. The molecule has 2 N–H and O–H groups in total. The van der Waals surface area contributed by atoms with Crippen molar-refractivity contribution in [3.8, 4) is 5.75 Å². The second-order valence-electron chi connectivity index (χ2n) is 4.52. The average molecular weight is 263 g/mol. The maximum Gasteiger partial charge on any atom is 0.167 e. The van der Waals surface area contributed by atoms with Gasteiger partial charge < -0.3 is 10.5 Å². The summed E-state index contributed by atoms with van der Waals surface area (Å²) in [4.78, 5) is 0. The van der Waals surface area contributed by atoms with Crippen molar-refractivity contribution in [3.05, 3.63) is 58.7 Å². The fourth-order valence-corrected chi connectivity index (χ4v) is 1.77. The number of aryl methyl sites for hydroxylation is 2. The van der Waals surface area contributed by atoms with Gasteiger partial charge in [-0.2, -0.15) is 0 Å². The van der Waals surface area contributed by atoms with E-state index in [9.17, 15) is 8.78 Å². The molecular formula is C15H15F2NO. The molecular weight excluding hydrogens is 248 g/mol. The Morgan fingerprint density at radius 2 is 1.79 bits per heavy atom. The summed E-state index contributed by atoms with van der Waals surface area (Å²) in [7, 11) is 0. The predicted molar refractivity (Wildman–Crippen MR) is 71.0 cm³/mol. The zero-order chi connectivity index (χ0) is 14.0. The number of ether oxygens (including phenoxy) is 1. The molecule has 0 spiro atoms. The van der Waals surface area contributed by atoms with E-state index in [0.29, 0.717) is 0 Å². The second-order valence-corrected chi connectivity index (χ2v) is 4.52. The number of anilines is 1. The maximum atomic E-state index is 13.5. The zero-order valence-electron chi connectivity index (χ0n) is 10.8. The minimum Gasteiger partial charge on any atom is -0.486 e. The van der Waals surface area contributed by atoms with Crippen LogP contribution >= 0.6 is 0 Å². The molecule has 2 aromatic rings. The Bertz CT molecular complexity index is 611. The zero-order valence-corrected chi connectivity index (χ0v) is 10.8. The third-order valence-electron chi connectivity index (χ3n) is 2.94. The van der Waals surface area contributed by atoms with Gasteiger partial charge in [-0.05, 0) is 25.0 Å². The van der Waals surface area contributed by atoms with Crippen molar-refractivity contribution in [3.63, 3.8) is 0 Å². The molecule has 0 radical (unpaired) electrons. The third-order valence-corrected chi connectivity index (χ3v) is 2.94. The fraction of sp³-hybridized carbons (Fsp3) is 0.200. The van der Waals surface area contributed by atoms with Crippen molar-refractivity contribution in [1.82, 2.24) is 0 Å². The standard InChI is InChI=1S/C15H15F2NO/c1-9-3-4-10(2)11(5-9)8-19-15-7-12(16)14(18)6-13(15)17/h3-7H,8,18H2,1-2H3. The Morgan fingerprint density at radius 3 is 2.53 bits per heavy atom. The minimum absolute atomic E-state index is 0.132. The first-order valence-corrected chi connectivity index (χ1v) is 5.91. The van der Waals surface area contributed by atoms with E-state index >= 15 is 0 Å². The van der Waals surface area contributed by atoms with Crippen molar-refractivity contribution in [2.24, 2.45) is 0 Å². The van der Waals surface area contributed by atoms with Gasteiger partial charge in [0.25, 0.3) is 0 Å². The highest BCUT2D eigenvalue weighted by atomic mass is 19.1. The molecule has 2 aromatic carbocycles.